The standard InChI is InChI=1S/C17H17FN2O5S2/c1-11-9-13(20-16(21)7-8-26(20,22)23)10-12(2)17(11)27(24,25)19-15-6-4-3-5-14(15)18/h3-6,9-10,19H,7-8H2,1-2H3. The van der Waals surface area contributed by atoms with Crippen LogP contribution >= 0.6 is 0 Å². The SMILES string of the molecule is Cc1cc(N2C(=O)CCS2(=O)=O)cc(C)c1S(=O)(=O)Nc1ccccc1F. The van der Waals surface area contributed by atoms with Gasteiger partial charge in [0.2, 0.25) is 15.9 Å². The van der Waals surface area contributed by atoms with E-state index in [1.54, 1.807) is 0 Å². The van der Waals surface area contributed by atoms with Gasteiger partial charge in [-0.25, -0.2) is 25.5 Å². The summed E-state index contributed by atoms with van der Waals surface area (Å²) in [5.74, 6) is -1.56. The minimum Gasteiger partial charge on any atom is -0.277 e. The Kier molecular flexibility index (Phi) is 4.73. The van der Waals surface area contributed by atoms with Crippen LogP contribution < -0.4 is 9.03 Å². The highest BCUT2D eigenvalue weighted by molar-refractivity contribution is 7.94. The van der Waals surface area contributed by atoms with Crippen molar-refractivity contribution in [1.82, 2.24) is 0 Å². The molecule has 10 heteroatoms. The first-order valence-corrected chi connectivity index (χ1v) is 11.1. The van der Waals surface area contributed by atoms with Crippen LogP contribution in [0.4, 0.5) is 15.8 Å². The zero-order chi connectivity index (χ0) is 20.0. The van der Waals surface area contributed by atoms with E-state index >= 15 is 0 Å². The number of hydrogen-bond donors (Lipinski definition) is 1. The quantitative estimate of drug-likeness (QED) is 0.831. The van der Waals surface area contributed by atoms with Crippen molar-refractivity contribution in [1.29, 1.82) is 0 Å². The van der Waals surface area contributed by atoms with Crippen molar-refractivity contribution in [3.05, 3.63) is 53.3 Å². The van der Waals surface area contributed by atoms with E-state index in [1.165, 1.54) is 44.2 Å². The molecule has 0 unspecified atom stereocenters. The van der Waals surface area contributed by atoms with Crippen LogP contribution in [0.3, 0.4) is 0 Å². The highest BCUT2D eigenvalue weighted by atomic mass is 32.2. The Hall–Kier alpha value is -2.46. The van der Waals surface area contributed by atoms with E-state index < -0.39 is 31.8 Å². The molecule has 1 N–H and O–H groups in total. The van der Waals surface area contributed by atoms with E-state index in [2.05, 4.69) is 4.72 Å². The molecule has 3 rings (SSSR count). The molecule has 1 aliphatic heterocycles. The van der Waals surface area contributed by atoms with E-state index in [4.69, 9.17) is 0 Å². The summed E-state index contributed by atoms with van der Waals surface area (Å²) in [4.78, 5) is 11.8. The van der Waals surface area contributed by atoms with Gasteiger partial charge < -0.3 is 0 Å². The van der Waals surface area contributed by atoms with Gasteiger partial charge in [-0.05, 0) is 49.2 Å². The van der Waals surface area contributed by atoms with E-state index in [0.717, 1.165) is 6.07 Å². The van der Waals surface area contributed by atoms with Gasteiger partial charge in [0.15, 0.2) is 0 Å². The average molecular weight is 412 g/mol. The molecule has 144 valence electrons. The Morgan fingerprint density at radius 3 is 2.22 bits per heavy atom. The average Bonchev–Trinajstić information content (AvgIpc) is 2.81. The predicted octanol–water partition coefficient (Wildman–Crippen LogP) is 2.31. The van der Waals surface area contributed by atoms with Crippen molar-refractivity contribution in [2.45, 2.75) is 25.2 Å². The molecule has 2 aromatic carbocycles. The molecule has 0 spiro atoms. The smallest absolute Gasteiger partial charge is 0.262 e. The fourth-order valence-corrected chi connectivity index (χ4v) is 6.04. The van der Waals surface area contributed by atoms with Crippen LogP contribution in [0.5, 0.6) is 0 Å². The molecular weight excluding hydrogens is 395 g/mol. The van der Waals surface area contributed by atoms with E-state index in [9.17, 15) is 26.0 Å². The molecular formula is C17H17FN2O5S2. The summed E-state index contributed by atoms with van der Waals surface area (Å²) in [7, 11) is -7.88. The van der Waals surface area contributed by atoms with E-state index in [1.807, 2.05) is 0 Å². The fourth-order valence-electron chi connectivity index (χ4n) is 3.08. The molecule has 0 atom stereocenters. The highest BCUT2D eigenvalue weighted by Crippen LogP contribution is 2.32. The van der Waals surface area contributed by atoms with Crippen LogP contribution in [0, 0.1) is 19.7 Å². The summed E-state index contributed by atoms with van der Waals surface area (Å²) < 4.78 is 66.4. The van der Waals surface area contributed by atoms with Crippen LogP contribution in [0.25, 0.3) is 0 Å². The number of benzene rings is 2. The molecule has 0 saturated carbocycles. The maximum absolute atomic E-state index is 13.8. The number of sulfonamides is 2. The second-order valence-corrected chi connectivity index (χ2v) is 9.77. The zero-order valence-corrected chi connectivity index (χ0v) is 16.2. The summed E-state index contributed by atoms with van der Waals surface area (Å²) in [6.45, 7) is 2.97. The number of para-hydroxylation sites is 1. The van der Waals surface area contributed by atoms with Gasteiger partial charge in [0, 0.05) is 6.42 Å². The zero-order valence-electron chi connectivity index (χ0n) is 14.6. The second-order valence-electron chi connectivity index (χ2n) is 6.22. The Morgan fingerprint density at radius 2 is 1.70 bits per heavy atom. The number of nitrogens with one attached hydrogen (secondary N) is 1. The minimum absolute atomic E-state index is 0.0948. The predicted molar refractivity (Wildman–Crippen MR) is 99.0 cm³/mol. The molecule has 1 fully saturated rings. The topological polar surface area (TPSA) is 101 Å². The molecule has 7 nitrogen and oxygen atoms in total. The third-order valence-corrected chi connectivity index (χ3v) is 7.51. The Labute approximate surface area is 156 Å². The molecule has 0 radical (unpaired) electrons. The molecule has 1 aliphatic rings. The number of anilines is 2. The largest absolute Gasteiger partial charge is 0.277 e. The van der Waals surface area contributed by atoms with E-state index in [0.29, 0.717) is 4.31 Å². The van der Waals surface area contributed by atoms with Crippen LogP contribution in [0.15, 0.2) is 41.3 Å². The van der Waals surface area contributed by atoms with Crippen LogP contribution in [0.1, 0.15) is 17.5 Å². The molecule has 27 heavy (non-hydrogen) atoms. The number of aryl methyl sites for hydroxylation is 2. The maximum Gasteiger partial charge on any atom is 0.262 e. The van der Waals surface area contributed by atoms with Gasteiger partial charge in [0.25, 0.3) is 10.0 Å². The normalized spacial score (nSPS) is 16.6. The molecule has 1 saturated heterocycles. The summed E-state index contributed by atoms with van der Waals surface area (Å²) in [5, 5.41) is 0. The number of carbonyl (C=O) groups is 1. The highest BCUT2D eigenvalue weighted by Gasteiger charge is 2.37. The van der Waals surface area contributed by atoms with Gasteiger partial charge in [0.05, 0.1) is 22.0 Å². The van der Waals surface area contributed by atoms with Crippen molar-refractivity contribution >= 4 is 37.3 Å². The lowest BCUT2D eigenvalue weighted by Crippen LogP contribution is -2.29. The van der Waals surface area contributed by atoms with Crippen molar-refractivity contribution < 1.29 is 26.0 Å². The monoisotopic (exact) mass is 412 g/mol. The number of rotatable bonds is 4. The van der Waals surface area contributed by atoms with Gasteiger partial charge in [-0.2, -0.15) is 0 Å². The number of carbonyl (C=O) groups excluding carboxylic acids is 1. The lowest BCUT2D eigenvalue weighted by Gasteiger charge is -2.19. The third-order valence-electron chi connectivity index (χ3n) is 4.15. The van der Waals surface area contributed by atoms with Gasteiger partial charge in [-0.1, -0.05) is 12.1 Å². The molecule has 0 bridgehead atoms. The van der Waals surface area contributed by atoms with Gasteiger partial charge in [-0.15, -0.1) is 0 Å². The van der Waals surface area contributed by atoms with E-state index in [-0.39, 0.29) is 39.6 Å². The second kappa shape index (κ2) is 6.61. The summed E-state index contributed by atoms with van der Waals surface area (Å²) in [6.07, 6.45) is -0.116. The maximum atomic E-state index is 13.8. The van der Waals surface area contributed by atoms with Crippen molar-refractivity contribution in [2.75, 3.05) is 14.8 Å². The number of amides is 1. The summed E-state index contributed by atoms with van der Waals surface area (Å²) >= 11 is 0. The first-order chi connectivity index (χ1) is 12.5. The molecule has 0 aliphatic carbocycles. The van der Waals surface area contributed by atoms with Crippen LogP contribution in [-0.2, 0) is 24.8 Å². The lowest BCUT2D eigenvalue weighted by molar-refractivity contribution is -0.116. The third kappa shape index (κ3) is 3.54. The minimum atomic E-state index is -4.12. The lowest BCUT2D eigenvalue weighted by atomic mass is 10.1. The van der Waals surface area contributed by atoms with Gasteiger partial charge in [-0.3, -0.25) is 9.52 Å². The first kappa shape index (κ1) is 19.3. The molecule has 2 aromatic rings. The molecule has 0 aromatic heterocycles. The summed E-state index contributed by atoms with van der Waals surface area (Å²) in [5.41, 5.74) is 0.377. The summed E-state index contributed by atoms with van der Waals surface area (Å²) in [6, 6.07) is 8.00. The van der Waals surface area contributed by atoms with Crippen molar-refractivity contribution in [3.8, 4) is 0 Å². The first-order valence-electron chi connectivity index (χ1n) is 7.97. The van der Waals surface area contributed by atoms with Gasteiger partial charge in [0.1, 0.15) is 5.82 Å². The number of halogens is 1. The number of nitrogens with zero attached hydrogens (tertiary/aromatic N) is 1. The van der Waals surface area contributed by atoms with Crippen LogP contribution in [0.2, 0.25) is 0 Å². The van der Waals surface area contributed by atoms with Crippen molar-refractivity contribution in [2.24, 2.45) is 0 Å². The van der Waals surface area contributed by atoms with Crippen molar-refractivity contribution in [3.63, 3.8) is 0 Å². The van der Waals surface area contributed by atoms with Crippen LogP contribution in [-0.4, -0.2) is 28.5 Å². The molecule has 1 amide bonds. The molecule has 1 heterocycles. The fraction of sp³-hybridized carbons (Fsp3) is 0.235. The number of hydrogen-bond acceptors (Lipinski definition) is 5. The Bertz CT molecular complexity index is 1120. The Morgan fingerprint density at radius 1 is 1.11 bits per heavy atom. The van der Waals surface area contributed by atoms with Gasteiger partial charge >= 0.3 is 0 Å². The Balaban J connectivity index is 2.05.